The number of furan rings is 1. The first-order valence-corrected chi connectivity index (χ1v) is 9.85. The summed E-state index contributed by atoms with van der Waals surface area (Å²) in [6, 6.07) is 6.26. The first-order valence-electron chi connectivity index (χ1n) is 9.85. The third kappa shape index (κ3) is 4.19. The Labute approximate surface area is 174 Å². The van der Waals surface area contributed by atoms with Crippen molar-refractivity contribution in [2.45, 2.75) is 6.04 Å². The summed E-state index contributed by atoms with van der Waals surface area (Å²) in [6.45, 7) is 3.92. The minimum Gasteiger partial charge on any atom is -0.503 e. The molecule has 0 spiro atoms. The van der Waals surface area contributed by atoms with Gasteiger partial charge < -0.3 is 19.2 Å². The van der Waals surface area contributed by atoms with Crippen molar-refractivity contribution in [3.05, 3.63) is 71.7 Å². The standard InChI is InChI=1S/C22H23N3O5/c26-18(4-3-17-2-1-13-30-17)19-20(16-5-7-23-8-6-16)25(22(28)21(19)27)10-9-24-11-14-29-15-12-24/h1-8,13,20,27H,9-12,14-15H2/b4-3+/t20-/m1/s1. The maximum absolute atomic E-state index is 13.0. The van der Waals surface area contributed by atoms with E-state index in [1.54, 1.807) is 41.6 Å². The van der Waals surface area contributed by atoms with E-state index in [1.165, 1.54) is 18.4 Å². The van der Waals surface area contributed by atoms with Gasteiger partial charge in [-0.15, -0.1) is 0 Å². The SMILES string of the molecule is O=C(/C=C/c1ccco1)C1=C(O)C(=O)N(CCN2CCOCC2)[C@@H]1c1ccncc1. The van der Waals surface area contributed by atoms with Gasteiger partial charge in [0, 0.05) is 38.6 Å². The predicted molar refractivity (Wildman–Crippen MR) is 108 cm³/mol. The second-order valence-electron chi connectivity index (χ2n) is 7.11. The molecule has 0 radical (unpaired) electrons. The summed E-state index contributed by atoms with van der Waals surface area (Å²) < 4.78 is 10.6. The lowest BCUT2D eigenvalue weighted by molar-refractivity contribution is -0.129. The van der Waals surface area contributed by atoms with Crippen LogP contribution in [0.1, 0.15) is 17.4 Å². The molecule has 2 aromatic heterocycles. The maximum Gasteiger partial charge on any atom is 0.290 e. The highest BCUT2D eigenvalue weighted by Gasteiger charge is 2.42. The van der Waals surface area contributed by atoms with Gasteiger partial charge in [-0.3, -0.25) is 19.5 Å². The van der Waals surface area contributed by atoms with Crippen LogP contribution < -0.4 is 0 Å². The van der Waals surface area contributed by atoms with Gasteiger partial charge >= 0.3 is 0 Å². The molecular weight excluding hydrogens is 386 g/mol. The van der Waals surface area contributed by atoms with E-state index in [4.69, 9.17) is 9.15 Å². The molecule has 2 aliphatic heterocycles. The van der Waals surface area contributed by atoms with Crippen LogP contribution in [0.2, 0.25) is 0 Å². The predicted octanol–water partition coefficient (Wildman–Crippen LogP) is 1.98. The number of carbonyl (C=O) groups excluding carboxylic acids is 2. The van der Waals surface area contributed by atoms with E-state index in [9.17, 15) is 14.7 Å². The topological polar surface area (TPSA) is 96.1 Å². The number of nitrogens with zero attached hydrogens (tertiary/aromatic N) is 3. The summed E-state index contributed by atoms with van der Waals surface area (Å²) in [6.07, 6.45) is 7.56. The zero-order valence-corrected chi connectivity index (χ0v) is 16.4. The highest BCUT2D eigenvalue weighted by atomic mass is 16.5. The lowest BCUT2D eigenvalue weighted by atomic mass is 9.96. The third-order valence-electron chi connectivity index (χ3n) is 5.29. The van der Waals surface area contributed by atoms with E-state index in [-0.39, 0.29) is 5.57 Å². The van der Waals surface area contributed by atoms with Gasteiger partial charge in [0.25, 0.3) is 5.91 Å². The van der Waals surface area contributed by atoms with E-state index < -0.39 is 23.5 Å². The van der Waals surface area contributed by atoms with Crippen LogP contribution in [0.15, 0.2) is 64.7 Å². The van der Waals surface area contributed by atoms with Gasteiger partial charge in [0.15, 0.2) is 11.5 Å². The molecule has 2 aliphatic rings. The van der Waals surface area contributed by atoms with Crippen molar-refractivity contribution in [3.63, 3.8) is 0 Å². The largest absolute Gasteiger partial charge is 0.503 e. The number of ether oxygens (including phenoxy) is 1. The Bertz CT molecular complexity index is 946. The number of morpholine rings is 1. The van der Waals surface area contributed by atoms with Crippen LogP contribution in [-0.4, -0.2) is 71.0 Å². The van der Waals surface area contributed by atoms with Crippen molar-refractivity contribution < 1.29 is 23.8 Å². The molecule has 156 valence electrons. The number of hydrogen-bond acceptors (Lipinski definition) is 7. The zero-order chi connectivity index (χ0) is 20.9. The van der Waals surface area contributed by atoms with Crippen LogP contribution in [0.25, 0.3) is 6.08 Å². The number of rotatable bonds is 7. The van der Waals surface area contributed by atoms with Gasteiger partial charge in [0.1, 0.15) is 5.76 Å². The molecule has 1 fully saturated rings. The Morgan fingerprint density at radius 1 is 1.20 bits per heavy atom. The number of hydrogen-bond donors (Lipinski definition) is 1. The number of pyridine rings is 1. The molecule has 0 bridgehead atoms. The van der Waals surface area contributed by atoms with Crippen molar-refractivity contribution in [1.29, 1.82) is 0 Å². The Kier molecular flexibility index (Phi) is 6.06. The summed E-state index contributed by atoms with van der Waals surface area (Å²) in [7, 11) is 0. The van der Waals surface area contributed by atoms with E-state index in [2.05, 4.69) is 9.88 Å². The minimum atomic E-state index is -0.671. The van der Waals surface area contributed by atoms with Crippen LogP contribution >= 0.6 is 0 Å². The molecule has 0 aromatic carbocycles. The van der Waals surface area contributed by atoms with Crippen molar-refractivity contribution in [3.8, 4) is 0 Å². The second kappa shape index (κ2) is 9.06. The van der Waals surface area contributed by atoms with Crippen LogP contribution in [-0.2, 0) is 14.3 Å². The summed E-state index contributed by atoms with van der Waals surface area (Å²) in [4.78, 5) is 33.6. The molecule has 30 heavy (non-hydrogen) atoms. The molecule has 8 nitrogen and oxygen atoms in total. The molecule has 1 saturated heterocycles. The van der Waals surface area contributed by atoms with Crippen LogP contribution in [0.4, 0.5) is 0 Å². The quantitative estimate of drug-likeness (QED) is 0.699. The molecule has 1 amide bonds. The van der Waals surface area contributed by atoms with Crippen LogP contribution in [0.3, 0.4) is 0 Å². The van der Waals surface area contributed by atoms with Gasteiger partial charge in [-0.25, -0.2) is 0 Å². The number of aromatic nitrogens is 1. The Hall–Kier alpha value is -3.23. The van der Waals surface area contributed by atoms with Gasteiger partial charge in [0.05, 0.1) is 31.1 Å². The molecule has 2 aromatic rings. The molecular formula is C22H23N3O5. The molecule has 4 rings (SSSR count). The average Bonchev–Trinajstić information content (AvgIpc) is 3.39. The number of carbonyl (C=O) groups is 2. The molecule has 0 aliphatic carbocycles. The monoisotopic (exact) mass is 409 g/mol. The molecule has 0 saturated carbocycles. The van der Waals surface area contributed by atoms with Crippen molar-refractivity contribution in [2.75, 3.05) is 39.4 Å². The van der Waals surface area contributed by atoms with Crippen molar-refractivity contribution in [1.82, 2.24) is 14.8 Å². The fourth-order valence-corrected chi connectivity index (χ4v) is 3.74. The molecule has 1 atom stereocenters. The third-order valence-corrected chi connectivity index (χ3v) is 5.29. The van der Waals surface area contributed by atoms with Gasteiger partial charge in [-0.1, -0.05) is 0 Å². The summed E-state index contributed by atoms with van der Waals surface area (Å²) >= 11 is 0. The lowest BCUT2D eigenvalue weighted by Crippen LogP contribution is -2.43. The molecule has 0 unspecified atom stereocenters. The normalized spacial score (nSPS) is 20.5. The van der Waals surface area contributed by atoms with E-state index in [0.29, 0.717) is 32.1 Å². The van der Waals surface area contributed by atoms with Gasteiger partial charge in [-0.2, -0.15) is 0 Å². The number of ketones is 1. The number of amides is 1. The number of allylic oxidation sites excluding steroid dienone is 1. The Balaban J connectivity index is 1.59. The summed E-state index contributed by atoms with van der Waals surface area (Å²) in [5.41, 5.74) is 0.787. The number of aliphatic hydroxyl groups is 1. The van der Waals surface area contributed by atoms with Crippen LogP contribution in [0.5, 0.6) is 0 Å². The van der Waals surface area contributed by atoms with Gasteiger partial charge in [0.2, 0.25) is 0 Å². The van der Waals surface area contributed by atoms with Crippen molar-refractivity contribution in [2.24, 2.45) is 0 Å². The highest BCUT2D eigenvalue weighted by molar-refractivity contribution is 6.14. The number of aliphatic hydroxyl groups excluding tert-OH is 1. The fourth-order valence-electron chi connectivity index (χ4n) is 3.74. The van der Waals surface area contributed by atoms with E-state index >= 15 is 0 Å². The highest BCUT2D eigenvalue weighted by Crippen LogP contribution is 2.37. The van der Waals surface area contributed by atoms with Crippen LogP contribution in [0, 0.1) is 0 Å². The zero-order valence-electron chi connectivity index (χ0n) is 16.4. The summed E-state index contributed by atoms with van der Waals surface area (Å²) in [5.74, 6) is -0.974. The first kappa shape index (κ1) is 20.1. The molecule has 1 N–H and O–H groups in total. The molecule has 8 heteroatoms. The lowest BCUT2D eigenvalue weighted by Gasteiger charge is -2.31. The first-order chi connectivity index (χ1) is 14.6. The smallest absolute Gasteiger partial charge is 0.290 e. The Morgan fingerprint density at radius 2 is 1.97 bits per heavy atom. The fraction of sp³-hybridized carbons (Fsp3) is 0.318. The maximum atomic E-state index is 13.0. The minimum absolute atomic E-state index is 0.0657. The van der Waals surface area contributed by atoms with E-state index in [1.807, 2.05) is 0 Å². The summed E-state index contributed by atoms with van der Waals surface area (Å²) in [5, 5.41) is 10.6. The average molecular weight is 409 g/mol. The molecule has 4 heterocycles. The van der Waals surface area contributed by atoms with Gasteiger partial charge in [-0.05, 0) is 42.0 Å². The van der Waals surface area contributed by atoms with Crippen molar-refractivity contribution >= 4 is 17.8 Å². The van der Waals surface area contributed by atoms with E-state index in [0.717, 1.165) is 18.7 Å². The Morgan fingerprint density at radius 3 is 2.67 bits per heavy atom. The second-order valence-corrected chi connectivity index (χ2v) is 7.11.